The van der Waals surface area contributed by atoms with Crippen molar-refractivity contribution < 1.29 is 36.7 Å². The Balaban J connectivity index is 0.00000560. The first-order valence-corrected chi connectivity index (χ1v) is 12.1. The molecule has 2 aromatic carbocycles. The van der Waals surface area contributed by atoms with Crippen LogP contribution in [0.15, 0.2) is 48.7 Å². The number of nitrogens with zero attached hydrogens (tertiary/aromatic N) is 2. The van der Waals surface area contributed by atoms with Crippen LogP contribution in [0, 0.1) is 11.6 Å². The lowest BCUT2D eigenvalue weighted by Crippen LogP contribution is -2.46. The highest BCUT2D eigenvalue weighted by molar-refractivity contribution is 6.31. The largest absolute Gasteiger partial charge is 0.447 e. The third-order valence-corrected chi connectivity index (χ3v) is 6.30. The minimum absolute atomic E-state index is 0. The van der Waals surface area contributed by atoms with Gasteiger partial charge in [-0.25, -0.2) is 27.3 Å². The summed E-state index contributed by atoms with van der Waals surface area (Å²) in [7, 11) is 1.27. The molecule has 0 saturated heterocycles. The number of aromatic nitrogens is 1. The molecule has 0 aliphatic rings. The van der Waals surface area contributed by atoms with Gasteiger partial charge in [0.15, 0.2) is 0 Å². The smallest absolute Gasteiger partial charge is 0.412 e. The zero-order chi connectivity index (χ0) is 28.6. The Bertz CT molecular complexity index is 1350. The first-order valence-electron chi connectivity index (χ1n) is 11.7. The van der Waals surface area contributed by atoms with Gasteiger partial charge in [-0.2, -0.15) is 0 Å². The van der Waals surface area contributed by atoms with E-state index in [0.717, 1.165) is 4.90 Å². The van der Waals surface area contributed by atoms with Crippen molar-refractivity contribution in [2.45, 2.75) is 38.7 Å². The number of aryl methyl sites for hydroxylation is 1. The van der Waals surface area contributed by atoms with Gasteiger partial charge in [0.25, 0.3) is 5.92 Å². The number of ether oxygens (including phenoxy) is 1. The Morgan fingerprint density at radius 3 is 2.65 bits per heavy atom. The van der Waals surface area contributed by atoms with Crippen molar-refractivity contribution in [2.24, 2.45) is 0 Å². The van der Waals surface area contributed by atoms with Crippen molar-refractivity contribution in [3.8, 4) is 0 Å². The molecule has 3 rings (SSSR count). The Morgan fingerprint density at radius 1 is 1.18 bits per heavy atom. The van der Waals surface area contributed by atoms with Crippen LogP contribution in [0.2, 0.25) is 5.02 Å². The summed E-state index contributed by atoms with van der Waals surface area (Å²) in [6.07, 6.45) is -0.580. The molecule has 3 amide bonds. The van der Waals surface area contributed by atoms with Gasteiger partial charge in [-0.1, -0.05) is 31.2 Å². The Hall–Kier alpha value is -3.93. The van der Waals surface area contributed by atoms with E-state index in [1.54, 1.807) is 0 Å². The van der Waals surface area contributed by atoms with Crippen LogP contribution in [0.1, 0.15) is 25.8 Å². The predicted octanol–water partition coefficient (Wildman–Crippen LogP) is 5.58. The number of nitrogens with one attached hydrogen (secondary N) is 2. The van der Waals surface area contributed by atoms with Gasteiger partial charge in [0.1, 0.15) is 24.1 Å². The molecule has 1 aromatic heterocycles. The summed E-state index contributed by atoms with van der Waals surface area (Å²) in [4.78, 5) is 40.7. The van der Waals surface area contributed by atoms with E-state index in [4.69, 9.17) is 16.3 Å². The summed E-state index contributed by atoms with van der Waals surface area (Å²) in [5.74, 6) is -5.12. The molecule has 0 bridgehead atoms. The minimum atomic E-state index is -3.43. The number of hydrogen-bond donors (Lipinski definition) is 2. The van der Waals surface area contributed by atoms with Gasteiger partial charge in [-0.3, -0.25) is 14.9 Å². The van der Waals surface area contributed by atoms with E-state index >= 15 is 0 Å². The molecular weight excluding hydrogens is 556 g/mol. The highest BCUT2D eigenvalue weighted by Crippen LogP contribution is 2.25. The summed E-state index contributed by atoms with van der Waals surface area (Å²) in [5, 5.41) is 5.19. The molecule has 216 valence electrons. The third-order valence-electron chi connectivity index (χ3n) is 5.88. The summed E-state index contributed by atoms with van der Waals surface area (Å²) >= 11 is 5.92. The molecule has 0 aliphatic heterocycles. The van der Waals surface area contributed by atoms with E-state index in [1.165, 1.54) is 55.7 Å². The van der Waals surface area contributed by atoms with Gasteiger partial charge < -0.3 is 15.0 Å². The fourth-order valence-electron chi connectivity index (χ4n) is 3.77. The van der Waals surface area contributed by atoms with E-state index in [0.29, 0.717) is 16.3 Å². The lowest BCUT2D eigenvalue weighted by Gasteiger charge is -2.31. The number of pyridine rings is 1. The van der Waals surface area contributed by atoms with E-state index in [9.17, 15) is 31.9 Å². The topological polar surface area (TPSA) is 101 Å². The van der Waals surface area contributed by atoms with Gasteiger partial charge in [0.2, 0.25) is 12.3 Å². The quantitative estimate of drug-likeness (QED) is 0.214. The fraction of sp³-hybridized carbons (Fsp3) is 0.333. The molecule has 0 unspecified atom stereocenters. The maximum absolute atomic E-state index is 14.5. The van der Waals surface area contributed by atoms with E-state index in [-0.39, 0.29) is 37.5 Å². The second kappa shape index (κ2) is 14.5. The number of halogens is 5. The van der Waals surface area contributed by atoms with Crippen LogP contribution in [0.4, 0.5) is 28.2 Å². The lowest BCUT2D eigenvalue weighted by molar-refractivity contribution is -0.135. The SMILES string of the molecule is C.CN(C(=O)CCc1cccc(F)c1Cl)[C@H](COC(=O)Nc1cc2cc(F)ccc2cn1)CC(F)(F)CNC=O. The number of likely N-dealkylation sites (N-methyl/N-ethyl adjacent to an activating group) is 1. The first kappa shape index (κ1) is 32.3. The monoisotopic (exact) mass is 584 g/mol. The molecule has 0 spiro atoms. The predicted molar refractivity (Wildman–Crippen MR) is 143 cm³/mol. The minimum Gasteiger partial charge on any atom is -0.447 e. The fourth-order valence-corrected chi connectivity index (χ4v) is 3.99. The maximum Gasteiger partial charge on any atom is 0.412 e. The van der Waals surface area contributed by atoms with Crippen molar-refractivity contribution >= 4 is 46.6 Å². The third kappa shape index (κ3) is 9.08. The molecule has 8 nitrogen and oxygen atoms in total. The van der Waals surface area contributed by atoms with Crippen LogP contribution in [0.25, 0.3) is 10.8 Å². The Morgan fingerprint density at radius 2 is 1.93 bits per heavy atom. The van der Waals surface area contributed by atoms with Crippen molar-refractivity contribution in [1.82, 2.24) is 15.2 Å². The van der Waals surface area contributed by atoms with Crippen LogP contribution in [0.5, 0.6) is 0 Å². The standard InChI is InChI=1S/C26H25ClF4N4O4.CH4/c1-35(23(37)8-6-16-3-2-4-21(29)24(16)27)20(11-26(30,31)14-32-15-36)13-39-25(38)34-22-10-18-9-19(28)7-5-17(18)12-33-22;/h2-5,7,9-10,12,15,20H,6,8,11,13-14H2,1H3,(H,32,36)(H,33,34,38);1H4/t20-;/m0./s1. The van der Waals surface area contributed by atoms with Gasteiger partial charge in [0, 0.05) is 31.5 Å². The first-order chi connectivity index (χ1) is 18.5. The molecule has 1 atom stereocenters. The second-order valence-electron chi connectivity index (χ2n) is 8.71. The van der Waals surface area contributed by atoms with Gasteiger partial charge in [0.05, 0.1) is 17.6 Å². The van der Waals surface area contributed by atoms with Crippen molar-refractivity contribution in [3.05, 3.63) is 70.9 Å². The van der Waals surface area contributed by atoms with Crippen LogP contribution >= 0.6 is 11.6 Å². The highest BCUT2D eigenvalue weighted by Gasteiger charge is 2.36. The summed E-state index contributed by atoms with van der Waals surface area (Å²) < 4.78 is 61.2. The van der Waals surface area contributed by atoms with Crippen LogP contribution in [0.3, 0.4) is 0 Å². The molecular formula is C27H29ClF4N4O4. The molecule has 0 radical (unpaired) electrons. The number of carbonyl (C=O) groups is 3. The number of rotatable bonds is 12. The van der Waals surface area contributed by atoms with Crippen molar-refractivity contribution in [3.63, 3.8) is 0 Å². The van der Waals surface area contributed by atoms with Crippen LogP contribution in [-0.4, -0.2) is 60.5 Å². The van der Waals surface area contributed by atoms with Gasteiger partial charge >= 0.3 is 6.09 Å². The van der Waals surface area contributed by atoms with Crippen LogP contribution in [-0.2, 0) is 20.7 Å². The number of amides is 3. The number of fused-ring (bicyclic) bond motifs is 1. The molecule has 0 saturated carbocycles. The average molecular weight is 585 g/mol. The second-order valence-corrected chi connectivity index (χ2v) is 9.09. The lowest BCUT2D eigenvalue weighted by atomic mass is 10.1. The maximum atomic E-state index is 14.5. The molecule has 40 heavy (non-hydrogen) atoms. The van der Waals surface area contributed by atoms with Crippen molar-refractivity contribution in [1.29, 1.82) is 0 Å². The zero-order valence-corrected chi connectivity index (χ0v) is 21.5. The van der Waals surface area contributed by atoms with E-state index in [1.807, 2.05) is 5.32 Å². The van der Waals surface area contributed by atoms with Gasteiger partial charge in [-0.05, 0) is 47.7 Å². The normalized spacial score (nSPS) is 11.8. The Labute approximate surface area is 233 Å². The van der Waals surface area contributed by atoms with E-state index < -0.39 is 55.2 Å². The van der Waals surface area contributed by atoms with Crippen molar-refractivity contribution in [2.75, 3.05) is 25.5 Å². The summed E-state index contributed by atoms with van der Waals surface area (Å²) in [6, 6.07) is 8.28. The summed E-state index contributed by atoms with van der Waals surface area (Å²) in [5.41, 5.74) is 0.369. The molecule has 0 aliphatic carbocycles. The Kier molecular flexibility index (Phi) is 11.7. The number of carbonyl (C=O) groups excluding carboxylic acids is 3. The molecule has 2 N–H and O–H groups in total. The number of hydrogen-bond acceptors (Lipinski definition) is 5. The van der Waals surface area contributed by atoms with Crippen LogP contribution < -0.4 is 10.6 Å². The number of alkyl halides is 2. The zero-order valence-electron chi connectivity index (χ0n) is 20.7. The van der Waals surface area contributed by atoms with E-state index in [2.05, 4.69) is 10.3 Å². The molecule has 1 heterocycles. The number of benzene rings is 2. The number of anilines is 1. The van der Waals surface area contributed by atoms with Gasteiger partial charge in [-0.15, -0.1) is 0 Å². The molecule has 13 heteroatoms. The average Bonchev–Trinajstić information content (AvgIpc) is 2.89. The summed E-state index contributed by atoms with van der Waals surface area (Å²) in [6.45, 7) is -1.61. The highest BCUT2D eigenvalue weighted by atomic mass is 35.5. The molecule has 0 fully saturated rings. The molecule has 3 aromatic rings.